The van der Waals surface area contributed by atoms with E-state index < -0.39 is 0 Å². The predicted octanol–water partition coefficient (Wildman–Crippen LogP) is 3.26. The summed E-state index contributed by atoms with van der Waals surface area (Å²) in [5, 5.41) is 0. The highest BCUT2D eigenvalue weighted by atomic mass is 16.5. The van der Waals surface area contributed by atoms with E-state index in [9.17, 15) is 0 Å². The molecule has 1 aliphatic heterocycles. The monoisotopic (exact) mass is 283 g/mol. The van der Waals surface area contributed by atoms with Crippen molar-refractivity contribution < 1.29 is 14.2 Å². The number of rotatable bonds is 5. The Morgan fingerprint density at radius 1 is 0.857 bits per heavy atom. The average Bonchev–Trinajstić information content (AvgIpc) is 3.34. The molecule has 4 nitrogen and oxygen atoms in total. The van der Waals surface area contributed by atoms with Crippen LogP contribution in [0.15, 0.2) is 47.5 Å². The van der Waals surface area contributed by atoms with Crippen LogP contribution < -0.4 is 14.2 Å². The van der Waals surface area contributed by atoms with E-state index in [1.54, 1.807) is 21.3 Å². The fraction of sp³-hybridized carbons (Fsp3) is 0.235. The van der Waals surface area contributed by atoms with E-state index in [0.717, 1.165) is 16.8 Å². The van der Waals surface area contributed by atoms with Crippen molar-refractivity contribution in [3.05, 3.63) is 53.6 Å². The number of ether oxygens (including phenoxy) is 3. The van der Waals surface area contributed by atoms with Gasteiger partial charge in [0.2, 0.25) is 5.75 Å². The van der Waals surface area contributed by atoms with Crippen molar-refractivity contribution in [1.82, 2.24) is 0 Å². The third-order valence-corrected chi connectivity index (χ3v) is 3.53. The minimum Gasteiger partial charge on any atom is -0.493 e. The molecule has 0 saturated heterocycles. The molecule has 0 bridgehead atoms. The molecule has 0 saturated carbocycles. The van der Waals surface area contributed by atoms with Crippen LogP contribution in [0.3, 0.4) is 0 Å². The Kier molecular flexibility index (Phi) is 3.52. The normalized spacial score (nSPS) is 16.1. The molecule has 0 fully saturated rings. The van der Waals surface area contributed by atoms with Gasteiger partial charge in [0.1, 0.15) is 6.04 Å². The van der Waals surface area contributed by atoms with Crippen LogP contribution in [-0.4, -0.2) is 27.0 Å². The van der Waals surface area contributed by atoms with Gasteiger partial charge in [0.05, 0.1) is 27.0 Å². The van der Waals surface area contributed by atoms with Crippen LogP contribution in [0.5, 0.6) is 17.2 Å². The fourth-order valence-corrected chi connectivity index (χ4v) is 2.43. The molecule has 0 aliphatic carbocycles. The molecule has 1 unspecified atom stereocenters. The lowest BCUT2D eigenvalue weighted by molar-refractivity contribution is 0.324. The summed E-state index contributed by atoms with van der Waals surface area (Å²) in [5.74, 6) is 1.91. The maximum atomic E-state index is 5.38. The molecule has 1 aliphatic rings. The van der Waals surface area contributed by atoms with E-state index >= 15 is 0 Å². The topological polar surface area (TPSA) is 40.0 Å². The first-order chi connectivity index (χ1) is 10.3. The van der Waals surface area contributed by atoms with E-state index in [1.165, 1.54) is 0 Å². The zero-order valence-electron chi connectivity index (χ0n) is 12.3. The molecular weight excluding hydrogens is 266 g/mol. The van der Waals surface area contributed by atoms with Gasteiger partial charge in [0.15, 0.2) is 11.5 Å². The summed E-state index contributed by atoms with van der Waals surface area (Å²) in [4.78, 5) is 4.57. The number of benzene rings is 2. The van der Waals surface area contributed by atoms with Crippen molar-refractivity contribution in [3.63, 3.8) is 0 Å². The van der Waals surface area contributed by atoms with Gasteiger partial charge >= 0.3 is 0 Å². The molecule has 0 radical (unpaired) electrons. The number of hydrogen-bond acceptors (Lipinski definition) is 4. The van der Waals surface area contributed by atoms with E-state index in [-0.39, 0.29) is 6.04 Å². The van der Waals surface area contributed by atoms with Crippen molar-refractivity contribution >= 4 is 5.71 Å². The molecule has 21 heavy (non-hydrogen) atoms. The zero-order chi connectivity index (χ0) is 14.8. The maximum Gasteiger partial charge on any atom is 0.203 e. The Bertz CT molecular complexity index is 655. The molecule has 108 valence electrons. The quantitative estimate of drug-likeness (QED) is 0.845. The average molecular weight is 283 g/mol. The number of methoxy groups -OCH3 is 3. The Morgan fingerprint density at radius 2 is 1.48 bits per heavy atom. The van der Waals surface area contributed by atoms with Gasteiger partial charge in [-0.15, -0.1) is 0 Å². The Hall–Kier alpha value is -2.49. The minimum atomic E-state index is 0.0705. The molecule has 1 heterocycles. The maximum absolute atomic E-state index is 5.38. The van der Waals surface area contributed by atoms with Gasteiger partial charge in [-0.3, -0.25) is 4.99 Å². The second kappa shape index (κ2) is 5.48. The SMILES string of the molecule is COc1cc(C2N=C2c2ccccc2)cc(OC)c1OC. The van der Waals surface area contributed by atoms with Gasteiger partial charge in [-0.1, -0.05) is 30.3 Å². The summed E-state index contributed by atoms with van der Waals surface area (Å²) < 4.78 is 16.1. The smallest absolute Gasteiger partial charge is 0.203 e. The van der Waals surface area contributed by atoms with E-state index in [0.29, 0.717) is 17.2 Å². The second-order valence-corrected chi connectivity index (χ2v) is 4.74. The summed E-state index contributed by atoms with van der Waals surface area (Å²) in [6, 6.07) is 14.1. The van der Waals surface area contributed by atoms with E-state index in [4.69, 9.17) is 14.2 Å². The number of nitrogens with zero attached hydrogens (tertiary/aromatic N) is 1. The molecular formula is C17H17NO3. The molecule has 1 atom stereocenters. The molecule has 0 N–H and O–H groups in total. The van der Waals surface area contributed by atoms with Crippen LogP contribution in [0.25, 0.3) is 0 Å². The summed E-state index contributed by atoms with van der Waals surface area (Å²) in [6.07, 6.45) is 0. The lowest BCUT2D eigenvalue weighted by Crippen LogP contribution is -1.99. The first-order valence-corrected chi connectivity index (χ1v) is 6.71. The largest absolute Gasteiger partial charge is 0.493 e. The Labute approximate surface area is 124 Å². The van der Waals surface area contributed by atoms with Gasteiger partial charge in [0.25, 0.3) is 0 Å². The zero-order valence-corrected chi connectivity index (χ0v) is 12.3. The van der Waals surface area contributed by atoms with E-state index in [2.05, 4.69) is 17.1 Å². The van der Waals surface area contributed by atoms with Crippen LogP contribution in [0.2, 0.25) is 0 Å². The number of aliphatic imine (C=N–C) groups is 1. The molecule has 0 aromatic heterocycles. The van der Waals surface area contributed by atoms with E-state index in [1.807, 2.05) is 30.3 Å². The molecule has 0 spiro atoms. The Balaban J connectivity index is 1.91. The van der Waals surface area contributed by atoms with Gasteiger partial charge in [-0.2, -0.15) is 0 Å². The highest BCUT2D eigenvalue weighted by molar-refractivity contribution is 6.13. The Morgan fingerprint density at radius 3 is 2.00 bits per heavy atom. The predicted molar refractivity (Wildman–Crippen MR) is 81.8 cm³/mol. The lowest BCUT2D eigenvalue weighted by atomic mass is 10.0. The fourth-order valence-electron chi connectivity index (χ4n) is 2.43. The summed E-state index contributed by atoms with van der Waals surface area (Å²) in [6.45, 7) is 0. The second-order valence-electron chi connectivity index (χ2n) is 4.74. The van der Waals surface area contributed by atoms with Crippen LogP contribution in [-0.2, 0) is 0 Å². The molecule has 0 amide bonds. The van der Waals surface area contributed by atoms with Gasteiger partial charge in [-0.25, -0.2) is 0 Å². The van der Waals surface area contributed by atoms with Gasteiger partial charge in [-0.05, 0) is 23.3 Å². The van der Waals surface area contributed by atoms with Gasteiger partial charge < -0.3 is 14.2 Å². The van der Waals surface area contributed by atoms with Crippen LogP contribution >= 0.6 is 0 Å². The minimum absolute atomic E-state index is 0.0705. The standard InChI is InChI=1S/C17H17NO3/c1-19-13-9-12(10-14(20-2)17(13)21-3)16-15(18-16)11-7-5-4-6-8-11/h4-10,16H,1-3H3. The van der Waals surface area contributed by atoms with Crippen molar-refractivity contribution in [3.8, 4) is 17.2 Å². The molecule has 2 aromatic rings. The summed E-state index contributed by atoms with van der Waals surface area (Å²) in [7, 11) is 4.84. The van der Waals surface area contributed by atoms with Crippen molar-refractivity contribution in [2.75, 3.05) is 21.3 Å². The third-order valence-electron chi connectivity index (χ3n) is 3.53. The first kappa shape index (κ1) is 13.5. The first-order valence-electron chi connectivity index (χ1n) is 6.71. The van der Waals surface area contributed by atoms with Crippen LogP contribution in [0.1, 0.15) is 17.2 Å². The van der Waals surface area contributed by atoms with Crippen molar-refractivity contribution in [2.45, 2.75) is 6.04 Å². The molecule has 2 aromatic carbocycles. The summed E-state index contributed by atoms with van der Waals surface area (Å²) >= 11 is 0. The highest BCUT2D eigenvalue weighted by Crippen LogP contribution is 2.44. The van der Waals surface area contributed by atoms with Crippen molar-refractivity contribution in [1.29, 1.82) is 0 Å². The highest BCUT2D eigenvalue weighted by Gasteiger charge is 2.32. The van der Waals surface area contributed by atoms with Gasteiger partial charge in [0, 0.05) is 0 Å². The number of hydrogen-bond donors (Lipinski definition) is 0. The lowest BCUT2D eigenvalue weighted by Gasteiger charge is -2.13. The van der Waals surface area contributed by atoms with Crippen molar-refractivity contribution in [2.24, 2.45) is 4.99 Å². The third kappa shape index (κ3) is 2.44. The molecule has 3 rings (SSSR count). The van der Waals surface area contributed by atoms with Crippen LogP contribution in [0, 0.1) is 0 Å². The molecule has 4 heteroatoms. The van der Waals surface area contributed by atoms with Crippen LogP contribution in [0.4, 0.5) is 0 Å². The summed E-state index contributed by atoms with van der Waals surface area (Å²) in [5.41, 5.74) is 3.28.